The lowest BCUT2D eigenvalue weighted by Gasteiger charge is -2.26. The Morgan fingerprint density at radius 2 is 1.87 bits per heavy atom. The number of benzene rings is 1. The van der Waals surface area contributed by atoms with Crippen LogP contribution in [0.1, 0.15) is 35.2 Å². The summed E-state index contributed by atoms with van der Waals surface area (Å²) in [4.78, 5) is 19.9. The van der Waals surface area contributed by atoms with Crippen molar-refractivity contribution in [2.75, 3.05) is 13.1 Å². The highest BCUT2D eigenvalue weighted by Gasteiger charge is 2.19. The molecule has 1 fully saturated rings. The molecule has 0 unspecified atom stereocenters. The van der Waals surface area contributed by atoms with Gasteiger partial charge in [0.05, 0.1) is 10.6 Å². The van der Waals surface area contributed by atoms with Gasteiger partial charge in [0.15, 0.2) is 0 Å². The smallest absolute Gasteiger partial charge is 0.255 e. The number of likely N-dealkylation sites (tertiary alicyclic amines) is 1. The Morgan fingerprint density at radius 3 is 2.52 bits per heavy atom. The van der Waals surface area contributed by atoms with Crippen LogP contribution in [0.2, 0.25) is 5.02 Å². The van der Waals surface area contributed by atoms with Crippen LogP contribution in [-0.4, -0.2) is 28.9 Å². The number of piperidine rings is 1. The Kier molecular flexibility index (Phi) is 5.23. The Bertz CT molecular complexity index is 697. The van der Waals surface area contributed by atoms with Crippen LogP contribution in [-0.2, 0) is 0 Å². The minimum absolute atomic E-state index is 0.0333. The van der Waals surface area contributed by atoms with Crippen LogP contribution < -0.4 is 0 Å². The molecule has 1 amide bonds. The van der Waals surface area contributed by atoms with E-state index in [0.717, 1.165) is 35.9 Å². The Hall–Kier alpha value is -1.52. The number of nitrogens with zero attached hydrogens (tertiary/aromatic N) is 2. The molecule has 0 bridgehead atoms. The fraction of sp³-hybridized carbons (Fsp3) is 0.333. The van der Waals surface area contributed by atoms with E-state index in [1.165, 1.54) is 23.7 Å². The van der Waals surface area contributed by atoms with E-state index in [4.69, 9.17) is 11.6 Å². The summed E-state index contributed by atoms with van der Waals surface area (Å²) in [5.74, 6) is 0.0333. The number of hydrogen-bond donors (Lipinski definition) is 0. The molecule has 0 atom stereocenters. The van der Waals surface area contributed by atoms with E-state index < -0.39 is 0 Å². The molecule has 1 saturated heterocycles. The predicted molar refractivity (Wildman–Crippen MR) is 94.3 cm³/mol. The first kappa shape index (κ1) is 16.3. The van der Waals surface area contributed by atoms with E-state index >= 15 is 0 Å². The second-order valence-electron chi connectivity index (χ2n) is 5.78. The minimum Gasteiger partial charge on any atom is -0.339 e. The fourth-order valence-corrected chi connectivity index (χ4v) is 3.65. The molecule has 1 aliphatic rings. The molecule has 2 heterocycles. The summed E-state index contributed by atoms with van der Waals surface area (Å²) in [5.41, 5.74) is 1.79. The van der Waals surface area contributed by atoms with Gasteiger partial charge in [-0.3, -0.25) is 4.79 Å². The molecule has 1 aliphatic heterocycles. The average molecular weight is 347 g/mol. The van der Waals surface area contributed by atoms with Crippen LogP contribution in [0.25, 0.3) is 0 Å². The highest BCUT2D eigenvalue weighted by atomic mass is 35.5. The summed E-state index contributed by atoms with van der Waals surface area (Å²) in [6.07, 6.45) is 5.00. The first-order valence-corrected chi connectivity index (χ1v) is 9.02. The standard InChI is InChI=1S/C18H19ClN2OS/c1-13-5-7-15(8-6-13)23-17-16(19)11-14(12-20-17)18(22)21-9-3-2-4-10-21/h5-8,11-12H,2-4,9-10H2,1H3. The van der Waals surface area contributed by atoms with Gasteiger partial charge in [-0.2, -0.15) is 0 Å². The molecule has 3 nitrogen and oxygen atoms in total. The van der Waals surface area contributed by atoms with Crippen LogP contribution in [0, 0.1) is 6.92 Å². The van der Waals surface area contributed by atoms with Crippen molar-refractivity contribution < 1.29 is 4.79 Å². The summed E-state index contributed by atoms with van der Waals surface area (Å²) in [7, 11) is 0. The maximum atomic E-state index is 12.5. The lowest BCUT2D eigenvalue weighted by molar-refractivity contribution is 0.0724. The van der Waals surface area contributed by atoms with Crippen molar-refractivity contribution in [3.8, 4) is 0 Å². The summed E-state index contributed by atoms with van der Waals surface area (Å²) in [6.45, 7) is 3.72. The number of pyridine rings is 1. The van der Waals surface area contributed by atoms with Crippen molar-refractivity contribution in [2.45, 2.75) is 36.1 Å². The minimum atomic E-state index is 0.0333. The van der Waals surface area contributed by atoms with Crippen molar-refractivity contribution in [3.05, 3.63) is 52.7 Å². The Labute approximate surface area is 146 Å². The van der Waals surface area contributed by atoms with Gasteiger partial charge in [0.2, 0.25) is 0 Å². The second kappa shape index (κ2) is 7.37. The maximum Gasteiger partial charge on any atom is 0.255 e. The van der Waals surface area contributed by atoms with Crippen molar-refractivity contribution >= 4 is 29.3 Å². The van der Waals surface area contributed by atoms with E-state index in [9.17, 15) is 4.79 Å². The molecule has 1 aromatic carbocycles. The van der Waals surface area contributed by atoms with Crippen LogP contribution in [0.3, 0.4) is 0 Å². The zero-order chi connectivity index (χ0) is 16.2. The van der Waals surface area contributed by atoms with E-state index in [-0.39, 0.29) is 5.91 Å². The van der Waals surface area contributed by atoms with Gasteiger partial charge in [-0.1, -0.05) is 41.1 Å². The summed E-state index contributed by atoms with van der Waals surface area (Å²) in [5, 5.41) is 1.25. The van der Waals surface area contributed by atoms with Gasteiger partial charge in [-0.25, -0.2) is 4.98 Å². The Morgan fingerprint density at radius 1 is 1.17 bits per heavy atom. The topological polar surface area (TPSA) is 33.2 Å². The molecule has 5 heteroatoms. The zero-order valence-corrected chi connectivity index (χ0v) is 14.7. The summed E-state index contributed by atoms with van der Waals surface area (Å²) >= 11 is 7.85. The zero-order valence-electron chi connectivity index (χ0n) is 13.1. The van der Waals surface area contributed by atoms with E-state index in [1.54, 1.807) is 12.3 Å². The van der Waals surface area contributed by atoms with Gasteiger partial charge < -0.3 is 4.90 Å². The number of aryl methyl sites for hydroxylation is 1. The molecule has 2 aromatic rings. The van der Waals surface area contributed by atoms with E-state index in [1.807, 2.05) is 17.0 Å². The van der Waals surface area contributed by atoms with Crippen LogP contribution in [0.4, 0.5) is 0 Å². The number of aromatic nitrogens is 1. The number of hydrogen-bond acceptors (Lipinski definition) is 3. The molecule has 0 radical (unpaired) electrons. The van der Waals surface area contributed by atoms with Crippen molar-refractivity contribution in [1.29, 1.82) is 0 Å². The molecule has 0 aliphatic carbocycles. The highest BCUT2D eigenvalue weighted by molar-refractivity contribution is 7.99. The van der Waals surface area contributed by atoms with Gasteiger partial charge in [0, 0.05) is 24.2 Å². The normalized spacial score (nSPS) is 14.8. The first-order chi connectivity index (χ1) is 11.1. The lowest BCUT2D eigenvalue weighted by atomic mass is 10.1. The monoisotopic (exact) mass is 346 g/mol. The molecule has 0 N–H and O–H groups in total. The molecule has 3 rings (SSSR count). The largest absolute Gasteiger partial charge is 0.339 e. The average Bonchev–Trinajstić information content (AvgIpc) is 2.59. The number of rotatable bonds is 3. The van der Waals surface area contributed by atoms with Gasteiger partial charge >= 0.3 is 0 Å². The molecule has 23 heavy (non-hydrogen) atoms. The van der Waals surface area contributed by atoms with Gasteiger partial charge in [0.25, 0.3) is 5.91 Å². The van der Waals surface area contributed by atoms with E-state index in [0.29, 0.717) is 10.6 Å². The number of carbonyl (C=O) groups excluding carboxylic acids is 1. The molecule has 0 spiro atoms. The molecule has 0 saturated carbocycles. The number of carbonyl (C=O) groups is 1. The van der Waals surface area contributed by atoms with Gasteiger partial charge in [-0.15, -0.1) is 0 Å². The summed E-state index contributed by atoms with van der Waals surface area (Å²) in [6, 6.07) is 9.95. The van der Waals surface area contributed by atoms with Crippen LogP contribution >= 0.6 is 23.4 Å². The maximum absolute atomic E-state index is 12.5. The van der Waals surface area contributed by atoms with Crippen molar-refractivity contribution in [1.82, 2.24) is 9.88 Å². The van der Waals surface area contributed by atoms with Crippen LogP contribution in [0.15, 0.2) is 46.5 Å². The third-order valence-corrected chi connectivity index (χ3v) is 5.36. The quantitative estimate of drug-likeness (QED) is 0.798. The highest BCUT2D eigenvalue weighted by Crippen LogP contribution is 2.32. The third-order valence-electron chi connectivity index (χ3n) is 3.93. The number of halogens is 1. The number of amides is 1. The predicted octanol–water partition coefficient (Wildman–Crippen LogP) is 4.82. The first-order valence-electron chi connectivity index (χ1n) is 7.83. The molecule has 120 valence electrons. The van der Waals surface area contributed by atoms with Crippen LogP contribution in [0.5, 0.6) is 0 Å². The Balaban J connectivity index is 1.74. The molecular weight excluding hydrogens is 328 g/mol. The van der Waals surface area contributed by atoms with Gasteiger partial charge in [0.1, 0.15) is 5.03 Å². The molecule has 1 aromatic heterocycles. The van der Waals surface area contributed by atoms with Gasteiger partial charge in [-0.05, 0) is 44.4 Å². The lowest BCUT2D eigenvalue weighted by Crippen LogP contribution is -2.35. The third kappa shape index (κ3) is 4.06. The van der Waals surface area contributed by atoms with Crippen molar-refractivity contribution in [3.63, 3.8) is 0 Å². The summed E-state index contributed by atoms with van der Waals surface area (Å²) < 4.78 is 0. The SMILES string of the molecule is Cc1ccc(Sc2ncc(C(=O)N3CCCCC3)cc2Cl)cc1. The van der Waals surface area contributed by atoms with Crippen molar-refractivity contribution in [2.24, 2.45) is 0 Å². The second-order valence-corrected chi connectivity index (χ2v) is 7.25. The van der Waals surface area contributed by atoms with E-state index in [2.05, 4.69) is 24.0 Å². The fourth-order valence-electron chi connectivity index (χ4n) is 2.61. The molecular formula is C18H19ClN2OS.